The molecule has 0 aliphatic carbocycles. The van der Waals surface area contributed by atoms with Gasteiger partial charge in [0.15, 0.2) is 0 Å². The molecule has 186 valence electrons. The van der Waals surface area contributed by atoms with Gasteiger partial charge in [-0.15, -0.1) is 0 Å². The van der Waals surface area contributed by atoms with Gasteiger partial charge in [-0.05, 0) is 99.6 Å². The molecular formula is C38H24NP. The summed E-state index contributed by atoms with van der Waals surface area (Å²) in [7, 11) is 0. The Hall–Kier alpha value is -4.71. The highest BCUT2D eigenvalue weighted by Crippen LogP contribution is 2.48. The van der Waals surface area contributed by atoms with Crippen LogP contribution in [0.3, 0.4) is 0 Å². The minimum Gasteiger partial charge on any atom is -0.265 e. The van der Waals surface area contributed by atoms with Gasteiger partial charge in [0.1, 0.15) is 0 Å². The summed E-state index contributed by atoms with van der Waals surface area (Å²) in [4.78, 5) is 4.39. The molecule has 0 radical (unpaired) electrons. The summed E-state index contributed by atoms with van der Waals surface area (Å²) < 4.78 is 0. The Labute approximate surface area is 232 Å². The fourth-order valence-electron chi connectivity index (χ4n) is 7.11. The third-order valence-electron chi connectivity index (χ3n) is 8.94. The molecule has 8 aromatic carbocycles. The maximum Gasteiger partial charge on any atom is 0.0274 e. The molecule has 0 atom stereocenters. The van der Waals surface area contributed by atoms with Crippen molar-refractivity contribution in [2.45, 2.75) is 0 Å². The summed E-state index contributed by atoms with van der Waals surface area (Å²) in [6, 6.07) is 45.1. The van der Waals surface area contributed by atoms with Crippen molar-refractivity contribution in [1.29, 1.82) is 0 Å². The second kappa shape index (κ2) is 7.92. The number of aromatic nitrogens is 1. The first kappa shape index (κ1) is 22.1. The molecule has 9 aromatic rings. The standard InChI is InChI=1S/C38H24NP/c1-40(30-20-22-39-23-21-30,33-18-14-28-10-8-24-4-2-6-26-12-16-31(33)37(28)35(24)26)34-19-15-29-11-9-25-5-3-7-27-13-17-32(34)38(29)36(25)27/h2-23H,1H2. The molecule has 0 aliphatic heterocycles. The Morgan fingerprint density at radius 1 is 0.400 bits per heavy atom. The maximum absolute atomic E-state index is 5.23. The van der Waals surface area contributed by atoms with Crippen LogP contribution >= 0.6 is 6.89 Å². The van der Waals surface area contributed by atoms with Crippen LogP contribution in [0.15, 0.2) is 134 Å². The lowest BCUT2D eigenvalue weighted by Gasteiger charge is -2.30. The van der Waals surface area contributed by atoms with Crippen LogP contribution in [0, 0.1) is 0 Å². The van der Waals surface area contributed by atoms with E-state index in [0.717, 1.165) is 0 Å². The van der Waals surface area contributed by atoms with Crippen molar-refractivity contribution in [3.8, 4) is 0 Å². The summed E-state index contributed by atoms with van der Waals surface area (Å²) >= 11 is 0. The van der Waals surface area contributed by atoms with E-state index >= 15 is 0 Å². The van der Waals surface area contributed by atoms with Gasteiger partial charge in [0.05, 0.1) is 0 Å². The number of pyridine rings is 1. The zero-order valence-electron chi connectivity index (χ0n) is 21.8. The number of rotatable bonds is 3. The molecule has 1 heterocycles. The second-order valence-corrected chi connectivity index (χ2v) is 14.0. The van der Waals surface area contributed by atoms with Gasteiger partial charge in [0.2, 0.25) is 0 Å². The molecular weight excluding hydrogens is 501 g/mol. The molecule has 0 amide bonds. The number of hydrogen-bond donors (Lipinski definition) is 0. The Bertz CT molecular complexity index is 2270. The largest absolute Gasteiger partial charge is 0.265 e. The molecule has 1 aromatic heterocycles. The van der Waals surface area contributed by atoms with E-state index < -0.39 is 6.89 Å². The summed E-state index contributed by atoms with van der Waals surface area (Å²) in [5.74, 6) is 0. The number of hydrogen-bond acceptors (Lipinski definition) is 1. The first-order chi connectivity index (χ1) is 19.7. The van der Waals surface area contributed by atoms with Crippen molar-refractivity contribution in [2.75, 3.05) is 0 Å². The normalized spacial score (nSPS) is 12.6. The lowest BCUT2D eigenvalue weighted by atomic mass is 9.94. The van der Waals surface area contributed by atoms with Gasteiger partial charge in [-0.1, -0.05) is 115 Å². The van der Waals surface area contributed by atoms with Crippen molar-refractivity contribution in [2.24, 2.45) is 0 Å². The van der Waals surface area contributed by atoms with E-state index in [1.807, 2.05) is 12.4 Å². The van der Waals surface area contributed by atoms with E-state index in [4.69, 9.17) is 6.30 Å². The fraction of sp³-hybridized carbons (Fsp3) is 0. The fourth-order valence-corrected chi connectivity index (χ4v) is 10.4. The zero-order valence-corrected chi connectivity index (χ0v) is 22.7. The zero-order chi connectivity index (χ0) is 26.4. The van der Waals surface area contributed by atoms with Gasteiger partial charge >= 0.3 is 0 Å². The topological polar surface area (TPSA) is 12.9 Å². The van der Waals surface area contributed by atoms with Crippen molar-refractivity contribution in [3.63, 3.8) is 0 Å². The molecule has 0 spiro atoms. The van der Waals surface area contributed by atoms with Crippen LogP contribution in [0.2, 0.25) is 0 Å². The van der Waals surface area contributed by atoms with E-state index in [2.05, 4.69) is 126 Å². The van der Waals surface area contributed by atoms with Crippen LogP contribution < -0.4 is 15.9 Å². The van der Waals surface area contributed by atoms with Crippen LogP contribution in [0.4, 0.5) is 0 Å². The van der Waals surface area contributed by atoms with Crippen molar-refractivity contribution in [1.82, 2.24) is 4.98 Å². The van der Waals surface area contributed by atoms with E-state index in [1.165, 1.54) is 80.5 Å². The van der Waals surface area contributed by atoms with Crippen LogP contribution in [0.25, 0.3) is 64.6 Å². The average molecular weight is 526 g/mol. The molecule has 40 heavy (non-hydrogen) atoms. The average Bonchev–Trinajstić information content (AvgIpc) is 3.02. The van der Waals surface area contributed by atoms with Gasteiger partial charge in [-0.2, -0.15) is 0 Å². The predicted octanol–water partition coefficient (Wildman–Crippen LogP) is 8.60. The molecule has 0 saturated heterocycles. The molecule has 2 heteroatoms. The van der Waals surface area contributed by atoms with Crippen molar-refractivity contribution < 1.29 is 0 Å². The minimum atomic E-state index is -2.33. The third kappa shape index (κ3) is 2.80. The summed E-state index contributed by atoms with van der Waals surface area (Å²) in [5.41, 5.74) is 0. The molecule has 9 rings (SSSR count). The lowest BCUT2D eigenvalue weighted by Crippen LogP contribution is -2.27. The quantitative estimate of drug-likeness (QED) is 0.166. The first-order valence-corrected chi connectivity index (χ1v) is 15.7. The second-order valence-electron chi connectivity index (χ2n) is 10.9. The van der Waals surface area contributed by atoms with Crippen LogP contribution in [0.5, 0.6) is 0 Å². The van der Waals surface area contributed by atoms with E-state index in [0.29, 0.717) is 0 Å². The summed E-state index contributed by atoms with van der Waals surface area (Å²) in [5, 5.41) is 19.5. The van der Waals surface area contributed by atoms with Gasteiger partial charge in [0.25, 0.3) is 0 Å². The third-order valence-corrected chi connectivity index (χ3v) is 12.5. The molecule has 0 fully saturated rings. The number of nitrogens with zero attached hydrogens (tertiary/aromatic N) is 1. The minimum absolute atomic E-state index is 1.24. The summed E-state index contributed by atoms with van der Waals surface area (Å²) in [6.45, 7) is -2.33. The Morgan fingerprint density at radius 3 is 1.23 bits per heavy atom. The van der Waals surface area contributed by atoms with Crippen LogP contribution in [-0.2, 0) is 0 Å². The predicted molar refractivity (Wildman–Crippen MR) is 177 cm³/mol. The highest BCUT2D eigenvalue weighted by atomic mass is 31.2. The first-order valence-electron chi connectivity index (χ1n) is 13.7. The van der Waals surface area contributed by atoms with Gasteiger partial charge in [0, 0.05) is 12.4 Å². The van der Waals surface area contributed by atoms with Gasteiger partial charge in [-0.3, -0.25) is 4.98 Å². The van der Waals surface area contributed by atoms with Gasteiger partial charge < -0.3 is 0 Å². The highest BCUT2D eigenvalue weighted by Gasteiger charge is 2.28. The molecule has 0 unspecified atom stereocenters. The highest BCUT2D eigenvalue weighted by molar-refractivity contribution is 7.94. The number of benzene rings is 8. The smallest absolute Gasteiger partial charge is 0.0274 e. The molecule has 0 bridgehead atoms. The summed E-state index contributed by atoms with van der Waals surface area (Å²) in [6.07, 6.45) is 9.06. The monoisotopic (exact) mass is 525 g/mol. The molecule has 0 aliphatic rings. The Kier molecular flexibility index (Phi) is 4.38. The molecule has 0 N–H and O–H groups in total. The van der Waals surface area contributed by atoms with E-state index in [1.54, 1.807) is 0 Å². The van der Waals surface area contributed by atoms with Crippen LogP contribution in [0.1, 0.15) is 0 Å². The molecule has 1 nitrogen and oxygen atoms in total. The maximum atomic E-state index is 5.23. The van der Waals surface area contributed by atoms with E-state index in [9.17, 15) is 0 Å². The van der Waals surface area contributed by atoms with Crippen molar-refractivity contribution in [3.05, 3.63) is 134 Å². The van der Waals surface area contributed by atoms with Crippen molar-refractivity contribution >= 4 is 93.7 Å². The Morgan fingerprint density at radius 2 is 0.775 bits per heavy atom. The molecule has 0 saturated carbocycles. The lowest BCUT2D eigenvalue weighted by molar-refractivity contribution is 1.34. The van der Waals surface area contributed by atoms with E-state index in [-0.39, 0.29) is 0 Å². The SMILES string of the molecule is C=P(c1ccncc1)(c1ccc2ccc3cccc4ccc1c2c34)c1ccc2ccc3cccc4ccc1c2c34. The van der Waals surface area contributed by atoms with Crippen LogP contribution in [-0.4, -0.2) is 11.3 Å². The Balaban J connectivity index is 1.47. The van der Waals surface area contributed by atoms with Gasteiger partial charge in [-0.25, -0.2) is 0 Å².